The van der Waals surface area contributed by atoms with E-state index in [1.807, 2.05) is 4.90 Å². The molecule has 68 valence electrons. The molecule has 0 spiro atoms. The van der Waals surface area contributed by atoms with Crippen LogP contribution in [0.2, 0.25) is 0 Å². The first-order valence-corrected chi connectivity index (χ1v) is 4.08. The van der Waals surface area contributed by atoms with Gasteiger partial charge in [0.1, 0.15) is 17.6 Å². The second kappa shape index (κ2) is 4.42. The lowest BCUT2D eigenvalue weighted by atomic mass is 10.1. The molecule has 0 unspecified atom stereocenters. The molecular weight excluding hydrogens is 182 g/mol. The lowest BCUT2D eigenvalue weighted by Crippen LogP contribution is -2.37. The lowest BCUT2D eigenvalue weighted by Gasteiger charge is -2.23. The molecule has 1 saturated heterocycles. The highest BCUT2D eigenvalue weighted by Crippen LogP contribution is 2.05. The Kier molecular flexibility index (Phi) is 3.49. The minimum atomic E-state index is -0.467. The number of ketones is 1. The molecule has 5 heteroatoms. The molecule has 0 N–H and O–H groups in total. The van der Waals surface area contributed by atoms with Crippen LogP contribution in [0, 0.1) is 0 Å². The smallest absolute Gasteiger partial charge is 0.338 e. The van der Waals surface area contributed by atoms with Crippen LogP contribution in [-0.2, 0) is 13.9 Å². The molecule has 0 amide bonds. The largest absolute Gasteiger partial charge is 0.346 e. The van der Waals surface area contributed by atoms with Crippen LogP contribution in [0.15, 0.2) is 0 Å². The van der Waals surface area contributed by atoms with E-state index in [9.17, 15) is 9.59 Å². The number of hydrogen-bond donors (Lipinski definition) is 0. The highest BCUT2D eigenvalue weighted by atomic mass is 35.5. The van der Waals surface area contributed by atoms with Gasteiger partial charge in [0, 0.05) is 25.9 Å². The van der Waals surface area contributed by atoms with Crippen molar-refractivity contribution in [1.29, 1.82) is 0 Å². The van der Waals surface area contributed by atoms with Crippen molar-refractivity contribution in [3.05, 3.63) is 0 Å². The van der Waals surface area contributed by atoms with E-state index in [-0.39, 0.29) is 12.3 Å². The van der Waals surface area contributed by atoms with E-state index in [4.69, 9.17) is 11.9 Å². The summed E-state index contributed by atoms with van der Waals surface area (Å²) in [7, 11) is 0. The van der Waals surface area contributed by atoms with E-state index < -0.39 is 5.97 Å². The highest BCUT2D eigenvalue weighted by Gasteiger charge is 2.18. The molecule has 1 aliphatic rings. The Morgan fingerprint density at radius 3 is 2.58 bits per heavy atom. The van der Waals surface area contributed by atoms with Crippen molar-refractivity contribution in [2.75, 3.05) is 19.6 Å². The van der Waals surface area contributed by atoms with Gasteiger partial charge in [0.05, 0.1) is 6.54 Å². The van der Waals surface area contributed by atoms with E-state index in [1.54, 1.807) is 0 Å². The Balaban J connectivity index is 2.26. The minimum Gasteiger partial charge on any atom is -0.346 e. The zero-order valence-electron chi connectivity index (χ0n) is 6.59. The van der Waals surface area contributed by atoms with Gasteiger partial charge in [0.15, 0.2) is 0 Å². The third-order valence-corrected chi connectivity index (χ3v) is 2.02. The summed E-state index contributed by atoms with van der Waals surface area (Å²) in [6.07, 6.45) is 1.05. The van der Waals surface area contributed by atoms with Crippen molar-refractivity contribution >= 4 is 23.6 Å². The van der Waals surface area contributed by atoms with E-state index in [0.29, 0.717) is 25.9 Å². The van der Waals surface area contributed by atoms with Crippen LogP contribution in [0.5, 0.6) is 0 Å². The second-order valence-electron chi connectivity index (χ2n) is 2.76. The first-order valence-electron chi connectivity index (χ1n) is 3.78. The van der Waals surface area contributed by atoms with Crippen LogP contribution >= 0.6 is 11.9 Å². The number of nitrogens with zero attached hydrogens (tertiary/aromatic N) is 1. The molecule has 0 aromatic rings. The van der Waals surface area contributed by atoms with Gasteiger partial charge in [0.25, 0.3) is 0 Å². The number of halogens is 1. The fourth-order valence-electron chi connectivity index (χ4n) is 1.17. The molecule has 0 radical (unpaired) electrons. The molecule has 0 aromatic heterocycles. The van der Waals surface area contributed by atoms with Gasteiger partial charge in [-0.3, -0.25) is 9.69 Å². The van der Waals surface area contributed by atoms with Crippen LogP contribution in [-0.4, -0.2) is 36.3 Å². The van der Waals surface area contributed by atoms with Gasteiger partial charge in [-0.1, -0.05) is 0 Å². The summed E-state index contributed by atoms with van der Waals surface area (Å²) < 4.78 is 3.99. The van der Waals surface area contributed by atoms with E-state index >= 15 is 0 Å². The van der Waals surface area contributed by atoms with Crippen LogP contribution in [0.25, 0.3) is 0 Å². The first kappa shape index (κ1) is 9.48. The first-order chi connectivity index (χ1) is 5.72. The van der Waals surface area contributed by atoms with Crippen molar-refractivity contribution < 1.29 is 13.9 Å². The maximum absolute atomic E-state index is 10.8. The Morgan fingerprint density at radius 2 is 2.08 bits per heavy atom. The number of hydrogen-bond acceptors (Lipinski definition) is 4. The van der Waals surface area contributed by atoms with Crippen molar-refractivity contribution in [1.82, 2.24) is 4.90 Å². The molecule has 1 heterocycles. The third-order valence-electron chi connectivity index (χ3n) is 1.85. The summed E-state index contributed by atoms with van der Waals surface area (Å²) in [5.41, 5.74) is 0. The normalized spacial score (nSPS) is 19.2. The lowest BCUT2D eigenvalue weighted by molar-refractivity contribution is -0.136. The number of rotatable bonds is 2. The van der Waals surface area contributed by atoms with Gasteiger partial charge in [0.2, 0.25) is 0 Å². The van der Waals surface area contributed by atoms with Gasteiger partial charge in [-0.2, -0.15) is 0 Å². The molecule has 0 aliphatic carbocycles. The zero-order valence-corrected chi connectivity index (χ0v) is 7.34. The Bertz CT molecular complexity index is 185. The molecular formula is C7H10ClNO3. The molecule has 0 atom stereocenters. The molecule has 1 rings (SSSR count). The number of Topliss-reactive ketones (excluding diaryl/α,β-unsaturated/α-hetero) is 1. The summed E-state index contributed by atoms with van der Waals surface area (Å²) in [5, 5.41) is 0. The Labute approximate surface area is 75.6 Å². The molecule has 1 aliphatic heterocycles. The summed E-state index contributed by atoms with van der Waals surface area (Å²) >= 11 is 4.86. The summed E-state index contributed by atoms with van der Waals surface area (Å²) in [6, 6.07) is 0. The van der Waals surface area contributed by atoms with E-state index in [0.717, 1.165) is 0 Å². The topological polar surface area (TPSA) is 46.6 Å². The molecule has 1 fully saturated rings. The summed E-state index contributed by atoms with van der Waals surface area (Å²) in [5.74, 6) is -0.212. The number of likely N-dealkylation sites (tertiary alicyclic amines) is 1. The van der Waals surface area contributed by atoms with Crippen LogP contribution < -0.4 is 0 Å². The van der Waals surface area contributed by atoms with E-state index in [2.05, 4.69) is 4.29 Å². The fourth-order valence-corrected chi connectivity index (χ4v) is 1.22. The van der Waals surface area contributed by atoms with Gasteiger partial charge in [-0.25, -0.2) is 4.79 Å². The Morgan fingerprint density at radius 1 is 1.50 bits per heavy atom. The SMILES string of the molecule is O=C1CCN(CC(=O)OCl)CC1. The maximum atomic E-state index is 10.8. The summed E-state index contributed by atoms with van der Waals surface area (Å²) in [6.45, 7) is 1.44. The van der Waals surface area contributed by atoms with Crippen molar-refractivity contribution in [3.8, 4) is 0 Å². The van der Waals surface area contributed by atoms with Crippen LogP contribution in [0.4, 0.5) is 0 Å². The molecule has 0 bridgehead atoms. The zero-order chi connectivity index (χ0) is 8.97. The van der Waals surface area contributed by atoms with Crippen LogP contribution in [0.3, 0.4) is 0 Å². The third kappa shape index (κ3) is 2.79. The predicted molar refractivity (Wildman–Crippen MR) is 42.6 cm³/mol. The van der Waals surface area contributed by atoms with Crippen molar-refractivity contribution in [2.45, 2.75) is 12.8 Å². The molecule has 12 heavy (non-hydrogen) atoms. The minimum absolute atomic E-state index is 0.177. The standard InChI is InChI=1S/C7H10ClNO3/c8-12-7(11)5-9-3-1-6(10)2-4-9/h1-5H2. The highest BCUT2D eigenvalue weighted by molar-refractivity contribution is 6.13. The fraction of sp³-hybridized carbons (Fsp3) is 0.714. The number of carbonyl (C=O) groups excluding carboxylic acids is 2. The Hall–Kier alpha value is -0.610. The predicted octanol–water partition coefficient (Wildman–Crippen LogP) is 0.348. The average molecular weight is 192 g/mol. The average Bonchev–Trinajstić information content (AvgIpc) is 2.09. The van der Waals surface area contributed by atoms with Crippen LogP contribution in [0.1, 0.15) is 12.8 Å². The van der Waals surface area contributed by atoms with Gasteiger partial charge in [-0.15, -0.1) is 0 Å². The van der Waals surface area contributed by atoms with Crippen molar-refractivity contribution in [2.24, 2.45) is 0 Å². The summed E-state index contributed by atoms with van der Waals surface area (Å²) in [4.78, 5) is 23.3. The molecule has 4 nitrogen and oxygen atoms in total. The number of piperidine rings is 1. The van der Waals surface area contributed by atoms with Crippen molar-refractivity contribution in [3.63, 3.8) is 0 Å². The van der Waals surface area contributed by atoms with Gasteiger partial charge in [-0.05, 0) is 0 Å². The number of carbonyl (C=O) groups is 2. The molecule has 0 aromatic carbocycles. The maximum Gasteiger partial charge on any atom is 0.338 e. The quantitative estimate of drug-likeness (QED) is 0.632. The van der Waals surface area contributed by atoms with E-state index in [1.165, 1.54) is 0 Å². The monoisotopic (exact) mass is 191 g/mol. The molecule has 0 saturated carbocycles. The second-order valence-corrected chi connectivity index (χ2v) is 2.92. The van der Waals surface area contributed by atoms with Gasteiger partial charge >= 0.3 is 5.97 Å². The van der Waals surface area contributed by atoms with Gasteiger partial charge < -0.3 is 4.29 Å².